The predicted molar refractivity (Wildman–Crippen MR) is 41.6 cm³/mol. The van der Waals surface area contributed by atoms with Crippen molar-refractivity contribution in [1.82, 2.24) is 9.78 Å². The maximum Gasteiger partial charge on any atom is 0.393 e. The first kappa shape index (κ1) is 9.17. The summed E-state index contributed by atoms with van der Waals surface area (Å²) in [5, 5.41) is 22.5. The summed E-state index contributed by atoms with van der Waals surface area (Å²) in [5.74, 6) is -1.64. The Bertz CT molecular complexity index is 381. The molecular formula is C6H7N3O4. The van der Waals surface area contributed by atoms with Gasteiger partial charge in [-0.3, -0.25) is 0 Å². The van der Waals surface area contributed by atoms with E-state index in [9.17, 15) is 14.9 Å². The van der Waals surface area contributed by atoms with E-state index in [0.29, 0.717) is 0 Å². The van der Waals surface area contributed by atoms with Crippen molar-refractivity contribution in [2.75, 3.05) is 0 Å². The van der Waals surface area contributed by atoms with Crippen molar-refractivity contribution in [2.45, 2.75) is 6.92 Å². The number of aromatic carboxylic acids is 1. The number of aromatic nitrogens is 2. The van der Waals surface area contributed by atoms with Gasteiger partial charge in [0.25, 0.3) is 0 Å². The number of nitro groups is 1. The van der Waals surface area contributed by atoms with Gasteiger partial charge in [-0.2, -0.15) is 4.68 Å². The van der Waals surface area contributed by atoms with Crippen LogP contribution in [0.25, 0.3) is 0 Å². The molecule has 1 N–H and O–H groups in total. The number of hydrogen-bond donors (Lipinski definition) is 1. The fraction of sp³-hybridized carbons (Fsp3) is 0.333. The summed E-state index contributed by atoms with van der Waals surface area (Å²) in [4.78, 5) is 20.2. The Hall–Kier alpha value is -1.92. The molecule has 0 spiro atoms. The van der Waals surface area contributed by atoms with E-state index in [-0.39, 0.29) is 11.3 Å². The van der Waals surface area contributed by atoms with Gasteiger partial charge in [0.05, 0.1) is 17.7 Å². The van der Waals surface area contributed by atoms with Crippen molar-refractivity contribution in [3.63, 3.8) is 0 Å². The second-order valence-electron chi connectivity index (χ2n) is 2.48. The molecule has 0 fully saturated rings. The summed E-state index contributed by atoms with van der Waals surface area (Å²) in [6.45, 7) is 1.36. The van der Waals surface area contributed by atoms with Gasteiger partial charge in [-0.1, -0.05) is 0 Å². The maximum absolute atomic E-state index is 10.6. The van der Waals surface area contributed by atoms with E-state index in [4.69, 9.17) is 5.11 Å². The largest absolute Gasteiger partial charge is 0.476 e. The van der Waals surface area contributed by atoms with Gasteiger partial charge in [-0.05, 0) is 11.8 Å². The Morgan fingerprint density at radius 3 is 2.46 bits per heavy atom. The molecule has 70 valence electrons. The quantitative estimate of drug-likeness (QED) is 0.528. The highest BCUT2D eigenvalue weighted by Gasteiger charge is 2.26. The Labute approximate surface area is 72.7 Å². The van der Waals surface area contributed by atoms with Gasteiger partial charge in [-0.25, -0.2) is 4.79 Å². The van der Waals surface area contributed by atoms with E-state index in [1.165, 1.54) is 14.0 Å². The number of carboxylic acids is 1. The van der Waals surface area contributed by atoms with E-state index in [1.54, 1.807) is 0 Å². The van der Waals surface area contributed by atoms with Gasteiger partial charge in [0.1, 0.15) is 0 Å². The van der Waals surface area contributed by atoms with Crippen LogP contribution >= 0.6 is 0 Å². The molecular weight excluding hydrogens is 178 g/mol. The number of hydrogen-bond acceptors (Lipinski definition) is 4. The van der Waals surface area contributed by atoms with Crippen LogP contribution in [0.5, 0.6) is 0 Å². The molecule has 0 amide bonds. The maximum atomic E-state index is 10.6. The molecule has 0 aromatic carbocycles. The minimum absolute atomic E-state index is 0.0694. The van der Waals surface area contributed by atoms with Crippen LogP contribution in [-0.4, -0.2) is 25.8 Å². The number of aryl methyl sites for hydroxylation is 1. The lowest BCUT2D eigenvalue weighted by molar-refractivity contribution is -0.390. The van der Waals surface area contributed by atoms with Crippen molar-refractivity contribution in [3.05, 3.63) is 21.4 Å². The molecule has 0 saturated heterocycles. The second-order valence-corrected chi connectivity index (χ2v) is 2.48. The van der Waals surface area contributed by atoms with E-state index >= 15 is 0 Å². The summed E-state index contributed by atoms with van der Waals surface area (Å²) < 4.78 is 0.982. The highest BCUT2D eigenvalue weighted by molar-refractivity contribution is 5.88. The van der Waals surface area contributed by atoms with E-state index in [0.717, 1.165) is 4.68 Å². The molecule has 0 bridgehead atoms. The van der Waals surface area contributed by atoms with Gasteiger partial charge in [0, 0.05) is 0 Å². The fourth-order valence-electron chi connectivity index (χ4n) is 1.09. The molecule has 13 heavy (non-hydrogen) atoms. The van der Waals surface area contributed by atoms with E-state index < -0.39 is 16.7 Å². The summed E-state index contributed by atoms with van der Waals surface area (Å²) in [6.07, 6.45) is 0. The van der Waals surface area contributed by atoms with Crippen LogP contribution in [0.3, 0.4) is 0 Å². The van der Waals surface area contributed by atoms with Crippen LogP contribution in [0.2, 0.25) is 0 Å². The van der Waals surface area contributed by atoms with Crippen molar-refractivity contribution in [3.8, 4) is 0 Å². The highest BCUT2D eigenvalue weighted by Crippen LogP contribution is 2.18. The molecule has 1 heterocycles. The zero-order chi connectivity index (χ0) is 10.2. The third kappa shape index (κ3) is 1.35. The SMILES string of the molecule is Cc1c([N+](=O)[O-])nn(C)c1C(=O)O. The van der Waals surface area contributed by atoms with Gasteiger partial charge < -0.3 is 15.2 Å². The average Bonchev–Trinajstić information content (AvgIpc) is 2.26. The molecule has 1 aromatic heterocycles. The zero-order valence-electron chi connectivity index (χ0n) is 7.01. The average molecular weight is 185 g/mol. The van der Waals surface area contributed by atoms with Gasteiger partial charge in [0.15, 0.2) is 5.69 Å². The van der Waals surface area contributed by atoms with Gasteiger partial charge >= 0.3 is 11.8 Å². The molecule has 0 unspecified atom stereocenters. The van der Waals surface area contributed by atoms with Crippen LogP contribution in [-0.2, 0) is 7.05 Å². The third-order valence-corrected chi connectivity index (χ3v) is 1.63. The first-order chi connectivity index (χ1) is 5.95. The number of nitrogens with zero attached hydrogens (tertiary/aromatic N) is 3. The van der Waals surface area contributed by atoms with Crippen molar-refractivity contribution >= 4 is 11.8 Å². The highest BCUT2D eigenvalue weighted by atomic mass is 16.6. The van der Waals surface area contributed by atoms with E-state index in [2.05, 4.69) is 5.10 Å². The normalized spacial score (nSPS) is 10.0. The van der Waals surface area contributed by atoms with Crippen molar-refractivity contribution in [1.29, 1.82) is 0 Å². The summed E-state index contributed by atoms with van der Waals surface area (Å²) >= 11 is 0. The van der Waals surface area contributed by atoms with Gasteiger partial charge in [0.2, 0.25) is 0 Å². The second kappa shape index (κ2) is 2.85. The number of carbonyl (C=O) groups is 1. The minimum Gasteiger partial charge on any atom is -0.476 e. The number of carboxylic acid groups (broad SMARTS) is 1. The first-order valence-corrected chi connectivity index (χ1v) is 3.36. The first-order valence-electron chi connectivity index (χ1n) is 3.36. The Balaban J connectivity index is 3.39. The van der Waals surface area contributed by atoms with Crippen LogP contribution in [0, 0.1) is 17.0 Å². The third-order valence-electron chi connectivity index (χ3n) is 1.63. The lowest BCUT2D eigenvalue weighted by atomic mass is 10.2. The molecule has 0 atom stereocenters. The van der Waals surface area contributed by atoms with Crippen LogP contribution in [0.1, 0.15) is 16.1 Å². The molecule has 1 rings (SSSR count). The van der Waals surface area contributed by atoms with Gasteiger partial charge in [-0.15, -0.1) is 0 Å². The molecule has 0 saturated carbocycles. The Morgan fingerprint density at radius 1 is 1.69 bits per heavy atom. The van der Waals surface area contributed by atoms with Crippen LogP contribution in [0.15, 0.2) is 0 Å². The molecule has 7 nitrogen and oxygen atoms in total. The summed E-state index contributed by atoms with van der Waals surface area (Å²) in [6, 6.07) is 0. The fourth-order valence-corrected chi connectivity index (χ4v) is 1.09. The zero-order valence-corrected chi connectivity index (χ0v) is 7.01. The summed E-state index contributed by atoms with van der Waals surface area (Å²) in [7, 11) is 1.35. The standard InChI is InChI=1S/C6H7N3O4/c1-3-4(6(10)11)8(2)7-5(3)9(12)13/h1-2H3,(H,10,11). The van der Waals surface area contributed by atoms with E-state index in [1.807, 2.05) is 0 Å². The Kier molecular flexibility index (Phi) is 2.01. The minimum atomic E-state index is -1.22. The lowest BCUT2D eigenvalue weighted by Crippen LogP contribution is -2.06. The summed E-state index contributed by atoms with van der Waals surface area (Å²) in [5.41, 5.74) is -0.0910. The van der Waals surface area contributed by atoms with Crippen LogP contribution in [0.4, 0.5) is 5.82 Å². The smallest absolute Gasteiger partial charge is 0.393 e. The van der Waals surface area contributed by atoms with Crippen LogP contribution < -0.4 is 0 Å². The molecule has 1 aromatic rings. The topological polar surface area (TPSA) is 98.3 Å². The predicted octanol–water partition coefficient (Wildman–Crippen LogP) is 0.335. The monoisotopic (exact) mass is 185 g/mol. The lowest BCUT2D eigenvalue weighted by Gasteiger charge is -1.90. The molecule has 7 heteroatoms. The van der Waals surface area contributed by atoms with Crippen molar-refractivity contribution in [2.24, 2.45) is 7.05 Å². The molecule has 0 aliphatic rings. The molecule has 0 aliphatic carbocycles. The Morgan fingerprint density at radius 2 is 2.23 bits per heavy atom. The number of rotatable bonds is 2. The molecule has 0 aliphatic heterocycles. The molecule has 0 radical (unpaired) electrons. The van der Waals surface area contributed by atoms with Crippen molar-refractivity contribution < 1.29 is 14.8 Å².